The number of carbonyl (C=O) groups excluding carboxylic acids is 1. The summed E-state index contributed by atoms with van der Waals surface area (Å²) in [5.74, 6) is -2.20. The lowest BCUT2D eigenvalue weighted by Gasteiger charge is -2.44. The maximum atomic E-state index is 14.0. The van der Waals surface area contributed by atoms with Crippen LogP contribution in [0.25, 0.3) is 0 Å². The summed E-state index contributed by atoms with van der Waals surface area (Å²) in [5, 5.41) is 33.1. The molecule has 2 aliphatic heterocycles. The van der Waals surface area contributed by atoms with Gasteiger partial charge in [0.15, 0.2) is 17.5 Å². The number of aliphatic hydroxyl groups is 2. The van der Waals surface area contributed by atoms with Gasteiger partial charge in [0, 0.05) is 5.04 Å². The molecule has 0 aliphatic carbocycles. The van der Waals surface area contributed by atoms with Gasteiger partial charge in [0.25, 0.3) is 8.32 Å². The van der Waals surface area contributed by atoms with E-state index < -0.39 is 61.9 Å². The molecular formula is C43H53NO8Si2. The van der Waals surface area contributed by atoms with Gasteiger partial charge in [-0.1, -0.05) is 163 Å². The molecule has 286 valence electrons. The Morgan fingerprint density at radius 3 is 1.50 bits per heavy atom. The van der Waals surface area contributed by atoms with Crippen LogP contribution in [-0.4, -0.2) is 81.4 Å². The average molecular weight is 768 g/mol. The molecule has 11 heteroatoms. The second kappa shape index (κ2) is 14.6. The number of rotatable bonds is 11. The standard InChI is InChI=1S/C43H53NO8Si2/c1-39(2,3)53(32-21-13-9-14-22-32,33-23-15-10-16-24-33)49-30-36-42(46,43(47,38(45)50-36)37-29-48-41(7,8)51-37)31-44-52-54(40(4,5)6,34-25-17-11-18-26-34)35-27-19-12-20-28-35/h9-28,31,36-37,46-47H,29-30H2,1-8H3/b44-31+/t36-,37-,42+,43+/m1/s1. The molecule has 4 aromatic rings. The molecule has 0 unspecified atom stereocenters. The monoisotopic (exact) mass is 767 g/mol. The maximum Gasteiger partial charge on any atom is 0.354 e. The van der Waals surface area contributed by atoms with E-state index in [1.165, 1.54) is 0 Å². The third kappa shape index (κ3) is 6.70. The van der Waals surface area contributed by atoms with Crippen LogP contribution in [0.5, 0.6) is 0 Å². The lowest BCUT2D eigenvalue weighted by molar-refractivity contribution is -0.199. The quantitative estimate of drug-likeness (QED) is 0.0981. The van der Waals surface area contributed by atoms with Crippen LogP contribution in [0.2, 0.25) is 10.1 Å². The number of hydrogen-bond acceptors (Lipinski definition) is 9. The van der Waals surface area contributed by atoms with Gasteiger partial charge in [-0.2, -0.15) is 0 Å². The number of benzene rings is 4. The van der Waals surface area contributed by atoms with E-state index in [0.29, 0.717) is 0 Å². The summed E-state index contributed by atoms with van der Waals surface area (Å²) in [6.07, 6.45) is -1.58. The molecule has 2 heterocycles. The number of hydrogen-bond donors (Lipinski definition) is 2. The van der Waals surface area contributed by atoms with Gasteiger partial charge < -0.3 is 33.4 Å². The van der Waals surface area contributed by atoms with Gasteiger partial charge in [0.2, 0.25) is 5.60 Å². The van der Waals surface area contributed by atoms with Crippen LogP contribution in [-0.2, 0) is 28.0 Å². The molecule has 0 amide bonds. The van der Waals surface area contributed by atoms with Crippen molar-refractivity contribution in [1.82, 2.24) is 0 Å². The Morgan fingerprint density at radius 1 is 0.722 bits per heavy atom. The van der Waals surface area contributed by atoms with Gasteiger partial charge in [-0.15, -0.1) is 5.16 Å². The fourth-order valence-electron chi connectivity index (χ4n) is 8.11. The molecular weight excluding hydrogens is 715 g/mol. The Morgan fingerprint density at radius 2 is 1.13 bits per heavy atom. The van der Waals surface area contributed by atoms with Crippen molar-refractivity contribution in [1.29, 1.82) is 0 Å². The van der Waals surface area contributed by atoms with Crippen molar-refractivity contribution in [2.45, 2.75) is 94.7 Å². The molecule has 0 bridgehead atoms. The molecule has 4 aromatic carbocycles. The largest absolute Gasteiger partial charge is 0.454 e. The van der Waals surface area contributed by atoms with Crippen LogP contribution in [0, 0.1) is 0 Å². The predicted molar refractivity (Wildman–Crippen MR) is 215 cm³/mol. The summed E-state index contributed by atoms with van der Waals surface area (Å²) in [4.78, 5) is 14.0. The zero-order valence-corrected chi connectivity index (χ0v) is 34.5. The number of carbonyl (C=O) groups is 1. The molecule has 54 heavy (non-hydrogen) atoms. The Labute approximate surface area is 321 Å². The molecule has 2 N–H and O–H groups in total. The smallest absolute Gasteiger partial charge is 0.354 e. The van der Waals surface area contributed by atoms with E-state index in [0.717, 1.165) is 27.0 Å². The number of ether oxygens (including phenoxy) is 3. The van der Waals surface area contributed by atoms with Gasteiger partial charge in [0.1, 0.15) is 6.10 Å². The number of oxime groups is 1. The molecule has 0 saturated carbocycles. The van der Waals surface area contributed by atoms with E-state index in [-0.39, 0.29) is 13.2 Å². The first-order chi connectivity index (χ1) is 25.4. The maximum absolute atomic E-state index is 14.0. The average Bonchev–Trinajstić information content (AvgIpc) is 3.60. The number of esters is 1. The second-order valence-electron chi connectivity index (χ2n) is 16.8. The van der Waals surface area contributed by atoms with Crippen LogP contribution < -0.4 is 20.7 Å². The van der Waals surface area contributed by atoms with Crippen LogP contribution in [0.3, 0.4) is 0 Å². The normalized spacial score (nSPS) is 24.8. The van der Waals surface area contributed by atoms with Crippen molar-refractivity contribution in [2.24, 2.45) is 5.16 Å². The molecule has 4 atom stereocenters. The Kier molecular flexibility index (Phi) is 10.8. The Bertz CT molecular complexity index is 1840. The fourth-order valence-corrected chi connectivity index (χ4v) is 16.8. The van der Waals surface area contributed by atoms with Crippen LogP contribution in [0.15, 0.2) is 126 Å². The van der Waals surface area contributed by atoms with E-state index in [2.05, 4.69) is 71.0 Å². The van der Waals surface area contributed by atoms with Gasteiger partial charge in [-0.05, 0) is 39.6 Å². The van der Waals surface area contributed by atoms with Gasteiger partial charge in [0.05, 0.1) is 19.4 Å². The van der Waals surface area contributed by atoms with E-state index in [4.69, 9.17) is 23.2 Å². The number of cyclic esters (lactones) is 1. The van der Waals surface area contributed by atoms with Crippen molar-refractivity contribution in [3.63, 3.8) is 0 Å². The van der Waals surface area contributed by atoms with Crippen molar-refractivity contribution >= 4 is 49.6 Å². The zero-order chi connectivity index (χ0) is 39.0. The molecule has 9 nitrogen and oxygen atoms in total. The van der Waals surface area contributed by atoms with E-state index in [9.17, 15) is 15.0 Å². The van der Waals surface area contributed by atoms with E-state index >= 15 is 0 Å². The molecule has 2 fully saturated rings. The number of nitrogens with zero attached hydrogens (tertiary/aromatic N) is 1. The lowest BCUT2D eigenvalue weighted by Crippen LogP contribution is -2.69. The summed E-state index contributed by atoms with van der Waals surface area (Å²) >= 11 is 0. The van der Waals surface area contributed by atoms with Gasteiger partial charge in [-0.25, -0.2) is 4.79 Å². The first-order valence-electron chi connectivity index (χ1n) is 18.5. The van der Waals surface area contributed by atoms with Crippen molar-refractivity contribution < 1.29 is 38.2 Å². The fraction of sp³-hybridized carbons (Fsp3) is 0.395. The summed E-state index contributed by atoms with van der Waals surface area (Å²) in [7, 11) is -6.44. The van der Waals surface area contributed by atoms with Gasteiger partial charge >= 0.3 is 14.3 Å². The molecule has 0 aromatic heterocycles. The van der Waals surface area contributed by atoms with Crippen molar-refractivity contribution in [2.75, 3.05) is 13.2 Å². The SMILES string of the molecule is CC1(C)OC[C@H]([C@]2(O)C(=O)O[C@H](CO[Si](c3ccccc3)(c3ccccc3)C(C)(C)C)[C@@]2(O)/C=N/O[Si](c2ccccc2)(c2ccccc2)C(C)(C)C)O1. The first-order valence-corrected chi connectivity index (χ1v) is 22.3. The van der Waals surface area contributed by atoms with E-state index in [1.54, 1.807) is 13.8 Å². The van der Waals surface area contributed by atoms with Crippen molar-refractivity contribution in [3.8, 4) is 0 Å². The third-order valence-electron chi connectivity index (χ3n) is 10.9. The topological polar surface area (TPSA) is 116 Å². The molecule has 0 radical (unpaired) electrons. The minimum Gasteiger partial charge on any atom is -0.454 e. The third-order valence-corrected chi connectivity index (χ3v) is 20.6. The summed E-state index contributed by atoms with van der Waals surface area (Å²) in [6.45, 7) is 15.6. The summed E-state index contributed by atoms with van der Waals surface area (Å²) in [5.41, 5.74) is -5.10. The molecule has 6 rings (SSSR count). The summed E-state index contributed by atoms with van der Waals surface area (Å²) < 4.78 is 31.8. The van der Waals surface area contributed by atoms with Crippen LogP contribution in [0.1, 0.15) is 55.4 Å². The van der Waals surface area contributed by atoms with Crippen LogP contribution in [0.4, 0.5) is 0 Å². The minimum absolute atomic E-state index is 0.174. The Hall–Kier alpha value is -3.95. The highest BCUT2D eigenvalue weighted by atomic mass is 28.4. The van der Waals surface area contributed by atoms with Gasteiger partial charge in [-0.3, -0.25) is 0 Å². The molecule has 0 spiro atoms. The molecule has 2 saturated heterocycles. The lowest BCUT2D eigenvalue weighted by atomic mass is 9.78. The predicted octanol–water partition coefficient (Wildman–Crippen LogP) is 4.66. The second-order valence-corrected chi connectivity index (χ2v) is 25.3. The highest BCUT2D eigenvalue weighted by molar-refractivity contribution is 7.00. The van der Waals surface area contributed by atoms with Crippen molar-refractivity contribution in [3.05, 3.63) is 121 Å². The highest BCUT2D eigenvalue weighted by Crippen LogP contribution is 2.45. The van der Waals surface area contributed by atoms with E-state index in [1.807, 2.05) is 97.1 Å². The molecule has 2 aliphatic rings. The minimum atomic E-state index is -3.25. The summed E-state index contributed by atoms with van der Waals surface area (Å²) in [6, 6.07) is 39.9. The first kappa shape index (κ1) is 39.7. The van der Waals surface area contributed by atoms with Crippen LogP contribution >= 0.6 is 0 Å². The Balaban J connectivity index is 1.47. The highest BCUT2D eigenvalue weighted by Gasteiger charge is 2.73. The zero-order valence-electron chi connectivity index (χ0n) is 32.5.